The van der Waals surface area contributed by atoms with E-state index < -0.39 is 12.0 Å². The number of carboxylic acid groups (broad SMARTS) is 1. The second-order valence-corrected chi connectivity index (χ2v) is 6.06. The van der Waals surface area contributed by atoms with Gasteiger partial charge in [0.1, 0.15) is 17.9 Å². The van der Waals surface area contributed by atoms with Crippen LogP contribution in [0.1, 0.15) is 25.8 Å². The van der Waals surface area contributed by atoms with Crippen LogP contribution in [0.3, 0.4) is 0 Å². The zero-order chi connectivity index (χ0) is 14.7. The normalized spacial score (nSPS) is 18.7. The van der Waals surface area contributed by atoms with Crippen molar-refractivity contribution < 1.29 is 14.6 Å². The van der Waals surface area contributed by atoms with Gasteiger partial charge in [0, 0.05) is 18.0 Å². The Morgan fingerprint density at radius 2 is 2.30 bits per heavy atom. The highest BCUT2D eigenvalue weighted by Gasteiger charge is 2.25. The molecule has 1 aliphatic rings. The van der Waals surface area contributed by atoms with Crippen LogP contribution in [0.5, 0.6) is 5.75 Å². The smallest absolute Gasteiger partial charge is 0.320 e. The summed E-state index contributed by atoms with van der Waals surface area (Å²) in [6.45, 7) is 4.55. The Morgan fingerprint density at radius 1 is 1.55 bits per heavy atom. The van der Waals surface area contributed by atoms with Gasteiger partial charge in [-0.15, -0.1) is 0 Å². The molecule has 0 radical (unpaired) electrons. The third-order valence-electron chi connectivity index (χ3n) is 3.36. The minimum absolute atomic E-state index is 0.0301. The van der Waals surface area contributed by atoms with Crippen molar-refractivity contribution in [1.82, 2.24) is 5.32 Å². The molecule has 0 spiro atoms. The lowest BCUT2D eigenvalue weighted by atomic mass is 10.0. The van der Waals surface area contributed by atoms with Crippen molar-refractivity contribution in [1.29, 1.82) is 0 Å². The van der Waals surface area contributed by atoms with Crippen molar-refractivity contribution in [3.63, 3.8) is 0 Å². The zero-order valence-electron chi connectivity index (χ0n) is 11.7. The van der Waals surface area contributed by atoms with E-state index >= 15 is 0 Å². The largest absolute Gasteiger partial charge is 0.488 e. The third-order valence-corrected chi connectivity index (χ3v) is 3.60. The molecule has 1 heterocycles. The average molecular weight is 298 g/mol. The van der Waals surface area contributed by atoms with Gasteiger partial charge in [0.15, 0.2) is 0 Å². The van der Waals surface area contributed by atoms with Gasteiger partial charge >= 0.3 is 5.97 Å². The number of fused-ring (bicyclic) bond motifs is 1. The van der Waals surface area contributed by atoms with Crippen molar-refractivity contribution >= 4 is 17.6 Å². The summed E-state index contributed by atoms with van der Waals surface area (Å²) < 4.78 is 5.78. The second kappa shape index (κ2) is 6.46. The standard InChI is InChI=1S/C15H20ClNO3/c1-9(2)5-13(15(18)19)17-8-12-7-10-6-11(16)3-4-14(10)20-12/h3-4,6,9,12-13,17H,5,7-8H2,1-2H3,(H,18,19). The monoisotopic (exact) mass is 297 g/mol. The molecule has 1 aromatic rings. The highest BCUT2D eigenvalue weighted by Crippen LogP contribution is 2.30. The lowest BCUT2D eigenvalue weighted by Crippen LogP contribution is -2.42. The van der Waals surface area contributed by atoms with Crippen LogP contribution in [-0.4, -0.2) is 29.8 Å². The molecule has 2 unspecified atom stereocenters. The lowest BCUT2D eigenvalue weighted by Gasteiger charge is -2.19. The first-order valence-corrected chi connectivity index (χ1v) is 7.24. The maximum Gasteiger partial charge on any atom is 0.320 e. The molecule has 2 rings (SSSR count). The topological polar surface area (TPSA) is 58.6 Å². The van der Waals surface area contributed by atoms with Crippen LogP contribution >= 0.6 is 11.6 Å². The molecular weight excluding hydrogens is 278 g/mol. The molecule has 0 amide bonds. The molecule has 0 bridgehead atoms. The summed E-state index contributed by atoms with van der Waals surface area (Å²) in [6.07, 6.45) is 1.34. The number of rotatable bonds is 6. The first-order valence-electron chi connectivity index (χ1n) is 6.87. The van der Waals surface area contributed by atoms with Crippen molar-refractivity contribution in [2.75, 3.05) is 6.54 Å². The van der Waals surface area contributed by atoms with Gasteiger partial charge in [-0.3, -0.25) is 4.79 Å². The number of carboxylic acids is 1. The molecule has 1 aliphatic heterocycles. The quantitative estimate of drug-likeness (QED) is 0.847. The Morgan fingerprint density at radius 3 is 2.95 bits per heavy atom. The van der Waals surface area contributed by atoms with Crippen LogP contribution in [0.4, 0.5) is 0 Å². The Balaban J connectivity index is 1.88. The second-order valence-electron chi connectivity index (χ2n) is 5.62. The Labute approximate surface area is 124 Å². The highest BCUT2D eigenvalue weighted by molar-refractivity contribution is 6.30. The molecule has 5 heteroatoms. The van der Waals surface area contributed by atoms with Crippen LogP contribution in [0.2, 0.25) is 5.02 Å². The molecule has 0 saturated carbocycles. The molecule has 0 fully saturated rings. The van der Waals surface area contributed by atoms with Crippen LogP contribution < -0.4 is 10.1 Å². The van der Waals surface area contributed by atoms with E-state index in [-0.39, 0.29) is 6.10 Å². The van der Waals surface area contributed by atoms with Crippen LogP contribution in [0.15, 0.2) is 18.2 Å². The summed E-state index contributed by atoms with van der Waals surface area (Å²) in [5.41, 5.74) is 1.08. The number of carbonyl (C=O) groups is 1. The van der Waals surface area contributed by atoms with Crippen LogP contribution in [-0.2, 0) is 11.2 Å². The molecule has 2 N–H and O–H groups in total. The van der Waals surface area contributed by atoms with Gasteiger partial charge in [-0.25, -0.2) is 0 Å². The van der Waals surface area contributed by atoms with E-state index in [9.17, 15) is 9.90 Å². The van der Waals surface area contributed by atoms with E-state index in [1.807, 2.05) is 26.0 Å². The van der Waals surface area contributed by atoms with Crippen molar-refractivity contribution in [2.45, 2.75) is 38.8 Å². The van der Waals surface area contributed by atoms with Crippen molar-refractivity contribution in [3.05, 3.63) is 28.8 Å². The van der Waals surface area contributed by atoms with Gasteiger partial charge in [0.2, 0.25) is 0 Å². The molecule has 0 saturated heterocycles. The molecule has 110 valence electrons. The lowest BCUT2D eigenvalue weighted by molar-refractivity contribution is -0.140. The fourth-order valence-electron chi connectivity index (χ4n) is 2.42. The van der Waals surface area contributed by atoms with E-state index in [1.165, 1.54) is 0 Å². The minimum atomic E-state index is -0.808. The van der Waals surface area contributed by atoms with E-state index in [1.54, 1.807) is 6.07 Å². The predicted molar refractivity (Wildman–Crippen MR) is 78.5 cm³/mol. The molecule has 0 aliphatic carbocycles. The fourth-order valence-corrected chi connectivity index (χ4v) is 2.61. The number of halogens is 1. The zero-order valence-corrected chi connectivity index (χ0v) is 12.5. The SMILES string of the molecule is CC(C)CC(NCC1Cc2cc(Cl)ccc2O1)C(=O)O. The highest BCUT2D eigenvalue weighted by atomic mass is 35.5. The summed E-state index contributed by atoms with van der Waals surface area (Å²) in [4.78, 5) is 11.2. The molecule has 2 atom stereocenters. The van der Waals surface area contributed by atoms with Gasteiger partial charge in [0.05, 0.1) is 0 Å². The van der Waals surface area contributed by atoms with Crippen molar-refractivity contribution in [3.8, 4) is 5.75 Å². The first-order chi connectivity index (χ1) is 9.45. The molecule has 4 nitrogen and oxygen atoms in total. The summed E-state index contributed by atoms with van der Waals surface area (Å²) in [7, 11) is 0. The number of ether oxygens (including phenoxy) is 1. The minimum Gasteiger partial charge on any atom is -0.488 e. The maximum atomic E-state index is 11.2. The van der Waals surface area contributed by atoms with Crippen LogP contribution in [0, 0.1) is 5.92 Å². The number of hydrogen-bond donors (Lipinski definition) is 2. The molecular formula is C15H20ClNO3. The average Bonchev–Trinajstić information content (AvgIpc) is 2.75. The van der Waals surface area contributed by atoms with Gasteiger partial charge in [-0.2, -0.15) is 0 Å². The summed E-state index contributed by atoms with van der Waals surface area (Å²) in [6, 6.07) is 5.04. The van der Waals surface area contributed by atoms with E-state index in [2.05, 4.69) is 5.32 Å². The molecule has 0 aromatic heterocycles. The van der Waals surface area contributed by atoms with Gasteiger partial charge in [-0.1, -0.05) is 25.4 Å². The van der Waals surface area contributed by atoms with Gasteiger partial charge < -0.3 is 15.2 Å². The number of nitrogens with one attached hydrogen (secondary N) is 1. The predicted octanol–water partition coefficient (Wildman–Crippen LogP) is 2.73. The first kappa shape index (κ1) is 15.1. The maximum absolute atomic E-state index is 11.2. The van der Waals surface area contributed by atoms with Crippen LogP contribution in [0.25, 0.3) is 0 Å². The molecule has 20 heavy (non-hydrogen) atoms. The Bertz CT molecular complexity index is 490. The van der Waals surface area contributed by atoms with E-state index in [0.717, 1.165) is 17.7 Å². The summed E-state index contributed by atoms with van der Waals surface area (Å²) in [5, 5.41) is 13.0. The Kier molecular flexibility index (Phi) is 4.89. The third kappa shape index (κ3) is 3.87. The van der Waals surface area contributed by atoms with E-state index in [4.69, 9.17) is 16.3 Å². The summed E-state index contributed by atoms with van der Waals surface area (Å²) in [5.74, 6) is 0.373. The fraction of sp³-hybridized carbons (Fsp3) is 0.533. The number of benzene rings is 1. The van der Waals surface area contributed by atoms with Gasteiger partial charge in [0.25, 0.3) is 0 Å². The van der Waals surface area contributed by atoms with E-state index in [0.29, 0.717) is 23.9 Å². The number of hydrogen-bond acceptors (Lipinski definition) is 3. The molecule has 1 aromatic carbocycles. The Hall–Kier alpha value is -1.26. The summed E-state index contributed by atoms with van der Waals surface area (Å²) >= 11 is 5.95. The number of aliphatic carboxylic acids is 1. The van der Waals surface area contributed by atoms with Crippen molar-refractivity contribution in [2.24, 2.45) is 5.92 Å². The van der Waals surface area contributed by atoms with Gasteiger partial charge in [-0.05, 0) is 36.1 Å².